The maximum Gasteiger partial charge on any atom is 0.417 e. The molecule has 4 rings (SSSR count). The smallest absolute Gasteiger partial charge is 0.417 e. The standard InChI is InChI=1S/C25H25BrClF3N6O4/c1-11(2)31-24-32-17-10-35(21(37)13-6-7-16(27)15(9-13)25(28,29)30)12(3)8-14(17)22(38)36(24)20-18(26)19(23(39)40-5)34(4)33-20/h6-7,9,11-12H,8,10H2,1-5H3,(H,31,32)/t12-/m1/s1. The number of amides is 1. The van der Waals surface area contributed by atoms with Crippen molar-refractivity contribution in [2.24, 2.45) is 7.05 Å². The summed E-state index contributed by atoms with van der Waals surface area (Å²) in [5.74, 6) is -1.09. The molecule has 15 heteroatoms. The number of aromatic nitrogens is 4. The Morgan fingerprint density at radius 3 is 2.55 bits per heavy atom. The van der Waals surface area contributed by atoms with Gasteiger partial charge in [-0.3, -0.25) is 14.3 Å². The van der Waals surface area contributed by atoms with E-state index in [1.165, 1.54) is 34.4 Å². The van der Waals surface area contributed by atoms with Crippen molar-refractivity contribution in [1.29, 1.82) is 0 Å². The van der Waals surface area contributed by atoms with Crippen LogP contribution >= 0.6 is 27.5 Å². The number of anilines is 1. The molecule has 1 N–H and O–H groups in total. The van der Waals surface area contributed by atoms with Crippen molar-refractivity contribution >= 4 is 45.4 Å². The minimum absolute atomic E-state index is 0.0862. The number of alkyl halides is 3. The molecule has 1 aliphatic heterocycles. The normalized spacial score (nSPS) is 15.3. The maximum atomic E-state index is 13.9. The average molecular weight is 646 g/mol. The molecule has 0 unspecified atom stereocenters. The molecular weight excluding hydrogens is 621 g/mol. The lowest BCUT2D eigenvalue weighted by molar-refractivity contribution is -0.137. The van der Waals surface area contributed by atoms with Gasteiger partial charge in [-0.1, -0.05) is 11.6 Å². The highest BCUT2D eigenvalue weighted by Crippen LogP contribution is 2.36. The molecule has 3 heterocycles. The van der Waals surface area contributed by atoms with Gasteiger partial charge in [0.05, 0.1) is 34.4 Å². The highest BCUT2D eigenvalue weighted by Gasteiger charge is 2.36. The summed E-state index contributed by atoms with van der Waals surface area (Å²) in [5, 5.41) is 6.94. The second-order valence-corrected chi connectivity index (χ2v) is 10.8. The van der Waals surface area contributed by atoms with Gasteiger partial charge >= 0.3 is 12.1 Å². The van der Waals surface area contributed by atoms with Gasteiger partial charge in [0.15, 0.2) is 11.5 Å². The molecule has 40 heavy (non-hydrogen) atoms. The Morgan fingerprint density at radius 2 is 1.95 bits per heavy atom. The van der Waals surface area contributed by atoms with Gasteiger partial charge in [-0.2, -0.15) is 18.3 Å². The van der Waals surface area contributed by atoms with Gasteiger partial charge in [0.1, 0.15) is 0 Å². The number of benzene rings is 1. The summed E-state index contributed by atoms with van der Waals surface area (Å²) in [6.07, 6.45) is -4.64. The molecule has 1 aromatic carbocycles. The number of carbonyl (C=O) groups excluding carboxylic acids is 2. The molecule has 0 aliphatic carbocycles. The summed E-state index contributed by atoms with van der Waals surface area (Å²) >= 11 is 9.08. The minimum Gasteiger partial charge on any atom is -0.464 e. The number of esters is 1. The van der Waals surface area contributed by atoms with Gasteiger partial charge in [-0.05, 0) is 61.3 Å². The van der Waals surface area contributed by atoms with Gasteiger partial charge in [0, 0.05) is 30.3 Å². The van der Waals surface area contributed by atoms with Crippen molar-refractivity contribution in [3.63, 3.8) is 0 Å². The van der Waals surface area contributed by atoms with E-state index in [4.69, 9.17) is 16.3 Å². The SMILES string of the molecule is COC(=O)c1c(Br)c(-n2c(NC(C)C)nc3c(c2=O)C[C@@H](C)N(C(=O)c2ccc(Cl)c(C(F)(F)F)c2)C3)nn1C. The van der Waals surface area contributed by atoms with Crippen LogP contribution in [0.2, 0.25) is 5.02 Å². The highest BCUT2D eigenvalue weighted by molar-refractivity contribution is 9.10. The fraction of sp³-hybridized carbons (Fsp3) is 0.400. The van der Waals surface area contributed by atoms with E-state index >= 15 is 0 Å². The summed E-state index contributed by atoms with van der Waals surface area (Å²) in [4.78, 5) is 45.5. The Hall–Kier alpha value is -3.39. The number of nitrogens with zero attached hydrogens (tertiary/aromatic N) is 5. The van der Waals surface area contributed by atoms with Crippen LogP contribution in [-0.2, 0) is 30.9 Å². The summed E-state index contributed by atoms with van der Waals surface area (Å²) in [6, 6.07) is 2.27. The zero-order chi connectivity index (χ0) is 29.7. The topological polar surface area (TPSA) is 111 Å². The van der Waals surface area contributed by atoms with Gasteiger partial charge in [-0.15, -0.1) is 0 Å². The maximum absolute atomic E-state index is 13.9. The third kappa shape index (κ3) is 5.33. The number of fused-ring (bicyclic) bond motifs is 1. The van der Waals surface area contributed by atoms with Gasteiger partial charge in [0.25, 0.3) is 11.5 Å². The second-order valence-electron chi connectivity index (χ2n) is 9.58. The number of methoxy groups -OCH3 is 1. The van der Waals surface area contributed by atoms with E-state index in [9.17, 15) is 27.6 Å². The molecule has 1 atom stereocenters. The third-order valence-corrected chi connectivity index (χ3v) is 7.43. The highest BCUT2D eigenvalue weighted by atomic mass is 79.9. The molecule has 2 aromatic heterocycles. The number of rotatable bonds is 5. The third-order valence-electron chi connectivity index (χ3n) is 6.37. The van der Waals surface area contributed by atoms with Gasteiger partial charge < -0.3 is 15.0 Å². The van der Waals surface area contributed by atoms with Crippen LogP contribution in [0.4, 0.5) is 19.1 Å². The first-order valence-corrected chi connectivity index (χ1v) is 13.2. The van der Waals surface area contributed by atoms with E-state index in [1.54, 1.807) is 6.92 Å². The average Bonchev–Trinajstić information content (AvgIpc) is 3.16. The molecule has 214 valence electrons. The quantitative estimate of drug-likeness (QED) is 0.404. The lowest BCUT2D eigenvalue weighted by Gasteiger charge is -2.34. The number of carbonyl (C=O) groups is 2. The summed E-state index contributed by atoms with van der Waals surface area (Å²) in [6.45, 7) is 5.25. The lowest BCUT2D eigenvalue weighted by atomic mass is 9.98. The molecular formula is C25H25BrClF3N6O4. The minimum atomic E-state index is -4.73. The van der Waals surface area contributed by atoms with Crippen LogP contribution in [-0.4, -0.2) is 55.3 Å². The summed E-state index contributed by atoms with van der Waals surface area (Å²) in [5.41, 5.74) is -1.07. The van der Waals surface area contributed by atoms with E-state index in [0.29, 0.717) is 11.3 Å². The molecule has 1 aliphatic rings. The second kappa shape index (κ2) is 10.9. The number of aryl methyl sites for hydroxylation is 1. The molecule has 0 saturated carbocycles. The van der Waals surface area contributed by atoms with E-state index in [0.717, 1.165) is 12.1 Å². The van der Waals surface area contributed by atoms with Crippen molar-refractivity contribution in [1.82, 2.24) is 24.2 Å². The van der Waals surface area contributed by atoms with Crippen molar-refractivity contribution in [3.8, 4) is 5.82 Å². The van der Waals surface area contributed by atoms with Gasteiger partial charge in [-0.25, -0.2) is 14.3 Å². The molecule has 0 bridgehead atoms. The Labute approximate surface area is 240 Å². The first kappa shape index (κ1) is 29.6. The van der Waals surface area contributed by atoms with Crippen molar-refractivity contribution < 1.29 is 27.5 Å². The number of nitrogens with one attached hydrogen (secondary N) is 1. The van der Waals surface area contributed by atoms with E-state index in [2.05, 4.69) is 31.3 Å². The molecule has 1 amide bonds. The lowest BCUT2D eigenvalue weighted by Crippen LogP contribution is -2.46. The zero-order valence-electron chi connectivity index (χ0n) is 22.1. The van der Waals surface area contributed by atoms with Crippen LogP contribution < -0.4 is 10.9 Å². The molecule has 10 nitrogen and oxygen atoms in total. The fourth-order valence-corrected chi connectivity index (χ4v) is 5.37. The molecule has 0 fully saturated rings. The summed E-state index contributed by atoms with van der Waals surface area (Å²) < 4.78 is 47.8. The first-order chi connectivity index (χ1) is 18.6. The number of hydrogen-bond donors (Lipinski definition) is 1. The number of ether oxygens (including phenoxy) is 1. The van der Waals surface area contributed by atoms with E-state index in [1.807, 2.05) is 13.8 Å². The van der Waals surface area contributed by atoms with Crippen LogP contribution in [0.25, 0.3) is 5.82 Å². The number of halogens is 5. The van der Waals surface area contributed by atoms with Crippen LogP contribution in [0.15, 0.2) is 27.5 Å². The fourth-order valence-electron chi connectivity index (χ4n) is 4.47. The van der Waals surface area contributed by atoms with Crippen molar-refractivity contribution in [2.45, 2.75) is 52.0 Å². The zero-order valence-corrected chi connectivity index (χ0v) is 24.4. The summed E-state index contributed by atoms with van der Waals surface area (Å²) in [7, 11) is 2.75. The van der Waals surface area contributed by atoms with Crippen molar-refractivity contribution in [2.75, 3.05) is 12.4 Å². The molecule has 0 radical (unpaired) electrons. The van der Waals surface area contributed by atoms with E-state index < -0.39 is 40.2 Å². The van der Waals surface area contributed by atoms with Crippen LogP contribution in [0.3, 0.4) is 0 Å². The predicted octanol–water partition coefficient (Wildman–Crippen LogP) is 4.59. The van der Waals surface area contributed by atoms with E-state index in [-0.39, 0.29) is 46.5 Å². The Balaban J connectivity index is 1.81. The Kier molecular flexibility index (Phi) is 8.05. The monoisotopic (exact) mass is 644 g/mol. The first-order valence-electron chi connectivity index (χ1n) is 12.1. The largest absolute Gasteiger partial charge is 0.464 e. The van der Waals surface area contributed by atoms with Crippen LogP contribution in [0.5, 0.6) is 0 Å². The van der Waals surface area contributed by atoms with Crippen molar-refractivity contribution in [3.05, 3.63) is 66.1 Å². The van der Waals surface area contributed by atoms with Crippen LogP contribution in [0, 0.1) is 0 Å². The van der Waals surface area contributed by atoms with Crippen LogP contribution in [0.1, 0.15) is 58.4 Å². The molecule has 0 spiro atoms. The van der Waals surface area contributed by atoms with Gasteiger partial charge in [0.2, 0.25) is 5.95 Å². The molecule has 3 aromatic rings. The molecule has 0 saturated heterocycles. The number of hydrogen-bond acceptors (Lipinski definition) is 7. The predicted molar refractivity (Wildman–Crippen MR) is 144 cm³/mol. The Morgan fingerprint density at radius 1 is 1.27 bits per heavy atom. The Bertz CT molecular complexity index is 1570.